The van der Waals surface area contributed by atoms with Gasteiger partial charge < -0.3 is 4.74 Å². The first-order valence-electron chi connectivity index (χ1n) is 6.68. The minimum atomic E-state index is -3.70. The van der Waals surface area contributed by atoms with E-state index in [-0.39, 0.29) is 4.90 Å². The highest BCUT2D eigenvalue weighted by atomic mass is 32.2. The van der Waals surface area contributed by atoms with Gasteiger partial charge in [0.25, 0.3) is 0 Å². The van der Waals surface area contributed by atoms with Crippen molar-refractivity contribution in [3.05, 3.63) is 59.2 Å². The smallest absolute Gasteiger partial charge is 0.238 e. The lowest BCUT2D eigenvalue weighted by atomic mass is 10.1. The molecule has 0 amide bonds. The summed E-state index contributed by atoms with van der Waals surface area (Å²) in [6.07, 6.45) is 0.801. The van der Waals surface area contributed by atoms with Crippen molar-refractivity contribution in [2.75, 3.05) is 6.61 Å². The summed E-state index contributed by atoms with van der Waals surface area (Å²) in [5.74, 6) is 0.660. The van der Waals surface area contributed by atoms with Gasteiger partial charge >= 0.3 is 0 Å². The molecule has 0 fully saturated rings. The molecule has 2 N–H and O–H groups in total. The van der Waals surface area contributed by atoms with Crippen LogP contribution in [-0.4, -0.2) is 15.0 Å². The van der Waals surface area contributed by atoms with Gasteiger partial charge in [0.15, 0.2) is 0 Å². The molecular formula is C16H19NO3S. The van der Waals surface area contributed by atoms with E-state index in [2.05, 4.69) is 0 Å². The van der Waals surface area contributed by atoms with Gasteiger partial charge in [-0.2, -0.15) is 0 Å². The van der Waals surface area contributed by atoms with Crippen LogP contribution < -0.4 is 9.88 Å². The van der Waals surface area contributed by atoms with Crippen LogP contribution in [0.1, 0.15) is 16.7 Å². The Hall–Kier alpha value is -1.85. The van der Waals surface area contributed by atoms with E-state index in [1.165, 1.54) is 5.56 Å². The number of hydrogen-bond acceptors (Lipinski definition) is 3. The van der Waals surface area contributed by atoms with Gasteiger partial charge in [0.2, 0.25) is 10.0 Å². The van der Waals surface area contributed by atoms with Crippen molar-refractivity contribution in [2.24, 2.45) is 5.14 Å². The summed E-state index contributed by atoms with van der Waals surface area (Å²) in [5, 5.41) is 5.22. The Bertz CT molecular complexity index is 701. The molecule has 2 aromatic rings. The summed E-state index contributed by atoms with van der Waals surface area (Å²) < 4.78 is 28.7. The predicted octanol–water partition coefficient (Wildman–Crippen LogP) is 2.57. The van der Waals surface area contributed by atoms with Gasteiger partial charge in [-0.15, -0.1) is 0 Å². The Kier molecular flexibility index (Phi) is 4.65. The molecule has 112 valence electrons. The third kappa shape index (κ3) is 4.06. The molecule has 4 nitrogen and oxygen atoms in total. The fourth-order valence-corrected chi connectivity index (χ4v) is 3.39. The fourth-order valence-electron chi connectivity index (χ4n) is 2.37. The van der Waals surface area contributed by atoms with Crippen molar-refractivity contribution >= 4 is 10.0 Å². The van der Waals surface area contributed by atoms with Crippen molar-refractivity contribution in [3.63, 3.8) is 0 Å². The summed E-state index contributed by atoms with van der Waals surface area (Å²) in [6.45, 7) is 3.98. The zero-order valence-corrected chi connectivity index (χ0v) is 13.0. The highest BCUT2D eigenvalue weighted by Crippen LogP contribution is 2.25. The van der Waals surface area contributed by atoms with Gasteiger partial charge in [0, 0.05) is 6.42 Å². The topological polar surface area (TPSA) is 69.4 Å². The molecule has 0 aliphatic heterocycles. The van der Waals surface area contributed by atoms with Crippen LogP contribution in [0.2, 0.25) is 0 Å². The van der Waals surface area contributed by atoms with E-state index >= 15 is 0 Å². The first-order valence-corrected chi connectivity index (χ1v) is 8.23. The molecule has 0 saturated heterocycles. The number of hydrogen-bond donors (Lipinski definition) is 1. The average Bonchev–Trinajstić information content (AvgIpc) is 2.37. The lowest BCUT2D eigenvalue weighted by Crippen LogP contribution is -2.15. The summed E-state index contributed by atoms with van der Waals surface area (Å²) in [5.41, 5.74) is 2.41. The van der Waals surface area contributed by atoms with Crippen LogP contribution in [0.4, 0.5) is 0 Å². The number of aryl methyl sites for hydroxylation is 2. The van der Waals surface area contributed by atoms with E-state index in [0.717, 1.165) is 6.42 Å². The average molecular weight is 305 g/mol. The summed E-state index contributed by atoms with van der Waals surface area (Å²) in [6, 6.07) is 13.5. The highest BCUT2D eigenvalue weighted by Gasteiger charge is 2.16. The predicted molar refractivity (Wildman–Crippen MR) is 82.9 cm³/mol. The maximum Gasteiger partial charge on any atom is 0.238 e. The molecule has 5 heteroatoms. The molecule has 0 aromatic heterocycles. The fraction of sp³-hybridized carbons (Fsp3) is 0.250. The van der Waals surface area contributed by atoms with Crippen molar-refractivity contribution < 1.29 is 13.2 Å². The Morgan fingerprint density at radius 3 is 2.14 bits per heavy atom. The van der Waals surface area contributed by atoms with Gasteiger partial charge in [-0.1, -0.05) is 30.3 Å². The van der Waals surface area contributed by atoms with Crippen LogP contribution in [0, 0.1) is 13.8 Å². The van der Waals surface area contributed by atoms with E-state index in [0.29, 0.717) is 23.5 Å². The van der Waals surface area contributed by atoms with Gasteiger partial charge in [-0.05, 0) is 42.7 Å². The van der Waals surface area contributed by atoms with Crippen molar-refractivity contribution in [1.82, 2.24) is 0 Å². The number of primary sulfonamides is 1. The molecule has 21 heavy (non-hydrogen) atoms. The summed E-state index contributed by atoms with van der Waals surface area (Å²) in [7, 11) is -3.70. The van der Waals surface area contributed by atoms with E-state index < -0.39 is 10.0 Å². The minimum absolute atomic E-state index is 0.179. The van der Waals surface area contributed by atoms with Crippen LogP contribution >= 0.6 is 0 Å². The van der Waals surface area contributed by atoms with Gasteiger partial charge in [-0.25, -0.2) is 13.6 Å². The number of sulfonamides is 1. The Morgan fingerprint density at radius 1 is 1.05 bits per heavy atom. The van der Waals surface area contributed by atoms with Crippen LogP contribution in [0.3, 0.4) is 0 Å². The molecule has 2 aromatic carbocycles. The number of nitrogens with two attached hydrogens (primary N) is 1. The van der Waals surface area contributed by atoms with Gasteiger partial charge in [-0.3, -0.25) is 0 Å². The van der Waals surface area contributed by atoms with Gasteiger partial charge in [0.05, 0.1) is 11.5 Å². The molecule has 0 heterocycles. The largest absolute Gasteiger partial charge is 0.493 e. The molecule has 0 saturated carbocycles. The SMILES string of the molecule is Cc1cc(OCCc2ccccc2)cc(C)c1S(N)(=O)=O. The summed E-state index contributed by atoms with van der Waals surface area (Å²) >= 11 is 0. The zero-order chi connectivity index (χ0) is 15.5. The van der Waals surface area contributed by atoms with Gasteiger partial charge in [0.1, 0.15) is 5.75 Å². The number of rotatable bonds is 5. The second-order valence-corrected chi connectivity index (χ2v) is 6.51. The minimum Gasteiger partial charge on any atom is -0.493 e. The van der Waals surface area contributed by atoms with E-state index in [1.54, 1.807) is 26.0 Å². The first-order chi connectivity index (χ1) is 9.88. The first kappa shape index (κ1) is 15.5. The normalized spacial score (nSPS) is 11.4. The molecule has 0 radical (unpaired) electrons. The number of ether oxygens (including phenoxy) is 1. The molecule has 0 aliphatic rings. The Labute approximate surface area is 125 Å². The molecule has 0 spiro atoms. The second-order valence-electron chi connectivity index (χ2n) is 5.02. The molecule has 0 unspecified atom stereocenters. The monoisotopic (exact) mass is 305 g/mol. The second kappa shape index (κ2) is 6.28. The Balaban J connectivity index is 2.09. The van der Waals surface area contributed by atoms with Crippen LogP contribution in [-0.2, 0) is 16.4 Å². The summed E-state index contributed by atoms with van der Waals surface area (Å²) in [4.78, 5) is 0.179. The number of benzene rings is 2. The maximum absolute atomic E-state index is 11.5. The van der Waals surface area contributed by atoms with E-state index in [1.807, 2.05) is 30.3 Å². The maximum atomic E-state index is 11.5. The molecule has 0 bridgehead atoms. The van der Waals surface area contributed by atoms with Crippen LogP contribution in [0.5, 0.6) is 5.75 Å². The standard InChI is InChI=1S/C16H19NO3S/c1-12-10-15(11-13(2)16(12)21(17,18)19)20-9-8-14-6-4-3-5-7-14/h3-7,10-11H,8-9H2,1-2H3,(H2,17,18,19). The molecular weight excluding hydrogens is 286 g/mol. The lowest BCUT2D eigenvalue weighted by molar-refractivity contribution is 0.321. The molecule has 2 rings (SSSR count). The van der Waals surface area contributed by atoms with Crippen LogP contribution in [0.25, 0.3) is 0 Å². The van der Waals surface area contributed by atoms with E-state index in [9.17, 15) is 8.42 Å². The molecule has 0 aliphatic carbocycles. The van der Waals surface area contributed by atoms with Crippen molar-refractivity contribution in [1.29, 1.82) is 0 Å². The van der Waals surface area contributed by atoms with Crippen LogP contribution in [0.15, 0.2) is 47.4 Å². The Morgan fingerprint density at radius 2 is 1.62 bits per heavy atom. The van der Waals surface area contributed by atoms with E-state index in [4.69, 9.17) is 9.88 Å². The molecule has 0 atom stereocenters. The highest BCUT2D eigenvalue weighted by molar-refractivity contribution is 7.89. The third-order valence-electron chi connectivity index (χ3n) is 3.22. The third-order valence-corrected chi connectivity index (χ3v) is 4.43. The zero-order valence-electron chi connectivity index (χ0n) is 12.2. The lowest BCUT2D eigenvalue weighted by Gasteiger charge is -2.12. The van der Waals surface area contributed by atoms with Crippen molar-refractivity contribution in [2.45, 2.75) is 25.2 Å². The van der Waals surface area contributed by atoms with Crippen molar-refractivity contribution in [3.8, 4) is 5.75 Å². The quantitative estimate of drug-likeness (QED) is 0.923.